The molecule has 0 aliphatic carbocycles. The molecule has 0 saturated carbocycles. The predicted molar refractivity (Wildman–Crippen MR) is 191 cm³/mol. The van der Waals surface area contributed by atoms with Gasteiger partial charge in [0.05, 0.1) is 0 Å². The van der Waals surface area contributed by atoms with Gasteiger partial charge in [0, 0.05) is 23.0 Å². The lowest BCUT2D eigenvalue weighted by molar-refractivity contribution is -0.141. The minimum absolute atomic E-state index is 0.0220. The van der Waals surface area contributed by atoms with Crippen LogP contribution in [0.25, 0.3) is 0 Å². The normalized spacial score (nSPS) is 12.6. The van der Waals surface area contributed by atoms with E-state index < -0.39 is 24.3 Å². The summed E-state index contributed by atoms with van der Waals surface area (Å²) in [6.07, 6.45) is 0.0232. The number of aliphatic hydroxyl groups is 2. The van der Waals surface area contributed by atoms with E-state index in [1.54, 1.807) is 12.1 Å². The van der Waals surface area contributed by atoms with Crippen LogP contribution in [0.4, 0.5) is 0 Å². The Morgan fingerprint density at radius 1 is 0.580 bits per heavy atom. The van der Waals surface area contributed by atoms with Crippen molar-refractivity contribution in [1.29, 1.82) is 0 Å². The van der Waals surface area contributed by atoms with Crippen LogP contribution in [-0.2, 0) is 25.2 Å². The van der Waals surface area contributed by atoms with E-state index in [1.165, 1.54) is 0 Å². The lowest BCUT2D eigenvalue weighted by Crippen LogP contribution is -2.25. The molecule has 0 fully saturated rings. The maximum absolute atomic E-state index is 11.5. The van der Waals surface area contributed by atoms with E-state index in [2.05, 4.69) is 40.9 Å². The number of rotatable bonds is 17. The zero-order valence-electron chi connectivity index (χ0n) is 28.8. The number of aliphatic hydroxyl groups excluding tert-OH is 2. The summed E-state index contributed by atoms with van der Waals surface area (Å²) in [5.74, 6) is 1.03. The summed E-state index contributed by atoms with van der Waals surface area (Å²) >= 11 is 0. The fraction of sp³-hybridized carbons (Fsp3) is 0.268. The molecule has 9 nitrogen and oxygen atoms in total. The van der Waals surface area contributed by atoms with Gasteiger partial charge in [-0.25, -0.2) is 9.59 Å². The molecule has 50 heavy (non-hydrogen) atoms. The predicted octanol–water partition coefficient (Wildman–Crippen LogP) is 6.67. The monoisotopic (exact) mass is 680 g/mol. The summed E-state index contributed by atoms with van der Waals surface area (Å²) in [6, 6.07) is 30.1. The molecule has 0 saturated heterocycles. The number of ether oxygens (including phenoxy) is 5. The van der Waals surface area contributed by atoms with Crippen LogP contribution in [0.5, 0.6) is 23.0 Å². The van der Waals surface area contributed by atoms with Gasteiger partial charge in [0.15, 0.2) is 6.61 Å². The van der Waals surface area contributed by atoms with E-state index >= 15 is 0 Å². The molecule has 0 spiro atoms. The average molecular weight is 681 g/mol. The zero-order valence-corrected chi connectivity index (χ0v) is 28.8. The number of carbonyl (C=O) groups is 2. The van der Waals surface area contributed by atoms with Gasteiger partial charge in [0.1, 0.15) is 42.3 Å². The molecule has 0 radical (unpaired) electrons. The molecule has 9 heteroatoms. The highest BCUT2D eigenvalue weighted by Crippen LogP contribution is 2.35. The van der Waals surface area contributed by atoms with Crippen LogP contribution < -0.4 is 18.9 Å². The Kier molecular flexibility index (Phi) is 12.6. The maximum atomic E-state index is 11.5. The summed E-state index contributed by atoms with van der Waals surface area (Å²) in [7, 11) is 0. The van der Waals surface area contributed by atoms with Crippen molar-refractivity contribution in [3.63, 3.8) is 0 Å². The molecular formula is C41H44O9. The first-order valence-electron chi connectivity index (χ1n) is 16.2. The number of carbonyl (C=O) groups excluding carboxylic acids is 2. The van der Waals surface area contributed by atoms with Gasteiger partial charge >= 0.3 is 11.9 Å². The molecule has 0 aromatic heterocycles. The van der Waals surface area contributed by atoms with Crippen molar-refractivity contribution in [2.45, 2.75) is 50.9 Å². The fourth-order valence-electron chi connectivity index (χ4n) is 5.15. The first-order chi connectivity index (χ1) is 23.8. The first kappa shape index (κ1) is 37.4. The fourth-order valence-corrected chi connectivity index (χ4v) is 5.15. The van der Waals surface area contributed by atoms with Crippen LogP contribution >= 0.6 is 0 Å². The second-order valence-corrected chi connectivity index (χ2v) is 12.7. The zero-order chi connectivity index (χ0) is 36.3. The van der Waals surface area contributed by atoms with Gasteiger partial charge in [-0.1, -0.05) is 89.4 Å². The van der Waals surface area contributed by atoms with Crippen molar-refractivity contribution in [1.82, 2.24) is 0 Å². The molecule has 4 aromatic rings. The number of benzene rings is 4. The molecule has 2 unspecified atom stereocenters. The second-order valence-electron chi connectivity index (χ2n) is 12.7. The smallest absolute Gasteiger partial charge is 0.335 e. The molecule has 0 amide bonds. The van der Waals surface area contributed by atoms with Crippen LogP contribution in [-0.4, -0.2) is 54.4 Å². The van der Waals surface area contributed by atoms with E-state index in [9.17, 15) is 19.8 Å². The number of esters is 2. The molecule has 4 aromatic carbocycles. The van der Waals surface area contributed by atoms with Gasteiger partial charge < -0.3 is 33.9 Å². The van der Waals surface area contributed by atoms with E-state index in [4.69, 9.17) is 23.7 Å². The van der Waals surface area contributed by atoms with Crippen molar-refractivity contribution >= 4 is 11.9 Å². The van der Waals surface area contributed by atoms with Gasteiger partial charge in [-0.05, 0) is 70.8 Å². The van der Waals surface area contributed by atoms with Crippen LogP contribution in [0.3, 0.4) is 0 Å². The SMILES string of the molecule is C=CC(=O)OCC(O)COc1ccc(C(C)(C)c2ccc(OC(O)COc3ccc(C(C)(C)c4ccc(OC(=O)C=C)cc4)cc3)cc2)cc1. The molecule has 0 aliphatic rings. The van der Waals surface area contributed by atoms with Gasteiger partial charge in [0.2, 0.25) is 6.29 Å². The van der Waals surface area contributed by atoms with Gasteiger partial charge in [0.25, 0.3) is 0 Å². The summed E-state index contributed by atoms with van der Waals surface area (Å²) in [5, 5.41) is 20.5. The van der Waals surface area contributed by atoms with Crippen LogP contribution in [0.2, 0.25) is 0 Å². The molecule has 262 valence electrons. The highest BCUT2D eigenvalue weighted by molar-refractivity contribution is 5.83. The van der Waals surface area contributed by atoms with Gasteiger partial charge in [-0.2, -0.15) is 0 Å². The molecule has 0 aliphatic heterocycles. The van der Waals surface area contributed by atoms with Crippen molar-refractivity contribution in [3.05, 3.63) is 145 Å². The molecule has 4 rings (SSSR count). The van der Waals surface area contributed by atoms with Crippen LogP contribution in [0, 0.1) is 0 Å². The molecule has 0 heterocycles. The van der Waals surface area contributed by atoms with Crippen molar-refractivity contribution in [2.24, 2.45) is 0 Å². The van der Waals surface area contributed by atoms with Crippen molar-refractivity contribution in [3.8, 4) is 23.0 Å². The van der Waals surface area contributed by atoms with Crippen molar-refractivity contribution < 1.29 is 43.5 Å². The summed E-state index contributed by atoms with van der Waals surface area (Å²) in [4.78, 5) is 22.6. The summed E-state index contributed by atoms with van der Waals surface area (Å²) in [6.45, 7) is 14.9. The van der Waals surface area contributed by atoms with Gasteiger partial charge in [-0.15, -0.1) is 0 Å². The van der Waals surface area contributed by atoms with Crippen LogP contribution in [0.15, 0.2) is 122 Å². The van der Waals surface area contributed by atoms with E-state index in [0.717, 1.165) is 34.4 Å². The number of hydrogen-bond donors (Lipinski definition) is 2. The summed E-state index contributed by atoms with van der Waals surface area (Å²) < 4.78 is 27.1. The van der Waals surface area contributed by atoms with Gasteiger partial charge in [-0.3, -0.25) is 0 Å². The first-order valence-corrected chi connectivity index (χ1v) is 16.2. The third-order valence-corrected chi connectivity index (χ3v) is 8.38. The van der Waals surface area contributed by atoms with E-state index in [1.807, 2.05) is 84.9 Å². The van der Waals surface area contributed by atoms with E-state index in [0.29, 0.717) is 23.0 Å². The van der Waals surface area contributed by atoms with Crippen LogP contribution in [0.1, 0.15) is 49.9 Å². The largest absolute Gasteiger partial charge is 0.491 e. The standard InChI is InChI=1S/C41H44O9/c1-7-37(43)48-26-32(42)25-46-33-17-9-28(10-18-33)40(3,4)31-15-23-36(24-16-31)50-39(45)27-47-34-19-11-29(12-20-34)41(5,6)30-13-21-35(22-14-30)49-38(44)8-2/h7-24,32,39,42,45H,1-2,25-27H2,3-6H3. The minimum atomic E-state index is -1.18. The average Bonchev–Trinajstić information content (AvgIpc) is 3.12. The molecular weight excluding hydrogens is 636 g/mol. The summed E-state index contributed by atoms with van der Waals surface area (Å²) in [5.41, 5.74) is 3.53. The Hall–Kier alpha value is -5.38. The number of hydrogen-bond acceptors (Lipinski definition) is 9. The lowest BCUT2D eigenvalue weighted by Gasteiger charge is -2.27. The minimum Gasteiger partial charge on any atom is -0.491 e. The maximum Gasteiger partial charge on any atom is 0.335 e. The Labute approximate surface area is 293 Å². The highest BCUT2D eigenvalue weighted by atomic mass is 16.6. The third kappa shape index (κ3) is 10.1. The lowest BCUT2D eigenvalue weighted by atomic mass is 9.78. The Balaban J connectivity index is 1.26. The third-order valence-electron chi connectivity index (χ3n) is 8.38. The Morgan fingerprint density at radius 3 is 1.38 bits per heavy atom. The topological polar surface area (TPSA) is 121 Å². The second kappa shape index (κ2) is 16.8. The van der Waals surface area contributed by atoms with Crippen molar-refractivity contribution in [2.75, 3.05) is 19.8 Å². The van der Waals surface area contributed by atoms with E-state index in [-0.39, 0.29) is 30.7 Å². The highest BCUT2D eigenvalue weighted by Gasteiger charge is 2.25. The molecule has 2 atom stereocenters. The molecule has 2 N–H and O–H groups in total. The Bertz CT molecular complexity index is 1720. The molecule has 0 bridgehead atoms. The Morgan fingerprint density at radius 2 is 0.960 bits per heavy atom. The quantitative estimate of drug-likeness (QED) is 0.0545.